The lowest BCUT2D eigenvalue weighted by Crippen LogP contribution is -1.85. The van der Waals surface area contributed by atoms with Gasteiger partial charge in [0.1, 0.15) is 0 Å². The van der Waals surface area contributed by atoms with Gasteiger partial charge in [-0.25, -0.2) is 4.98 Å². The Bertz CT molecular complexity index is 189. The normalized spacial score (nSPS) is 17.6. The van der Waals surface area contributed by atoms with Gasteiger partial charge in [0.05, 0.1) is 5.01 Å². The number of hydrogen-bond acceptors (Lipinski definition) is 2. The smallest absolute Gasteiger partial charge is 0.0927 e. The van der Waals surface area contributed by atoms with Crippen LogP contribution in [0, 0.1) is 12.3 Å². The molecule has 1 fully saturated rings. The third-order valence-corrected chi connectivity index (χ3v) is 2.53. The molecule has 0 unspecified atom stereocenters. The molecule has 53 valence electrons. The predicted octanol–water partition coefficient (Wildman–Crippen LogP) is 2.30. The Kier molecular flexibility index (Phi) is 1.72. The van der Waals surface area contributed by atoms with Crippen molar-refractivity contribution in [1.29, 1.82) is 0 Å². The Morgan fingerprint density at radius 1 is 1.70 bits per heavy atom. The minimum Gasteiger partial charge on any atom is -0.250 e. The Hall–Kier alpha value is -0.370. The van der Waals surface area contributed by atoms with Crippen molar-refractivity contribution in [3.05, 3.63) is 23.0 Å². The maximum Gasteiger partial charge on any atom is 0.0927 e. The standard InChI is InChI=1S/C8H10NS/c1-2-7(1)3-4-8-9-5-6-10-8/h3,5-7H,1-2,4H2. The molecular weight excluding hydrogens is 142 g/mol. The van der Waals surface area contributed by atoms with Gasteiger partial charge in [-0.3, -0.25) is 0 Å². The molecule has 0 atom stereocenters. The highest BCUT2D eigenvalue weighted by Crippen LogP contribution is 2.32. The van der Waals surface area contributed by atoms with Crippen LogP contribution in [0.25, 0.3) is 0 Å². The van der Waals surface area contributed by atoms with E-state index in [2.05, 4.69) is 11.4 Å². The maximum absolute atomic E-state index is 4.20. The van der Waals surface area contributed by atoms with Gasteiger partial charge in [0.2, 0.25) is 0 Å². The number of nitrogens with zero attached hydrogens (tertiary/aromatic N) is 1. The molecule has 2 heteroatoms. The fourth-order valence-corrected chi connectivity index (χ4v) is 1.55. The molecule has 1 heterocycles. The largest absolute Gasteiger partial charge is 0.250 e. The number of rotatable bonds is 3. The van der Waals surface area contributed by atoms with Gasteiger partial charge in [0, 0.05) is 18.0 Å². The van der Waals surface area contributed by atoms with Crippen LogP contribution in [0.4, 0.5) is 0 Å². The average molecular weight is 152 g/mol. The number of hydrogen-bond donors (Lipinski definition) is 0. The maximum atomic E-state index is 4.20. The molecule has 1 aliphatic carbocycles. The van der Waals surface area contributed by atoms with Crippen LogP contribution in [0.5, 0.6) is 0 Å². The Balaban J connectivity index is 1.79. The first kappa shape index (κ1) is 6.35. The van der Waals surface area contributed by atoms with Crippen LogP contribution in [0.1, 0.15) is 17.8 Å². The van der Waals surface area contributed by atoms with Crippen LogP contribution in [-0.4, -0.2) is 4.98 Å². The average Bonchev–Trinajstić information content (AvgIpc) is 2.63. The molecule has 0 aliphatic heterocycles. The highest BCUT2D eigenvalue weighted by atomic mass is 32.1. The number of thiazole rings is 1. The molecule has 0 N–H and O–H groups in total. The van der Waals surface area contributed by atoms with Crippen LogP contribution < -0.4 is 0 Å². The van der Waals surface area contributed by atoms with Gasteiger partial charge >= 0.3 is 0 Å². The monoisotopic (exact) mass is 152 g/mol. The fraction of sp³-hybridized carbons (Fsp3) is 0.500. The summed E-state index contributed by atoms with van der Waals surface area (Å²) in [5.74, 6) is 0.920. The van der Waals surface area contributed by atoms with E-state index in [1.165, 1.54) is 17.8 Å². The first-order valence-electron chi connectivity index (χ1n) is 3.67. The van der Waals surface area contributed by atoms with Gasteiger partial charge in [-0.05, 0) is 25.2 Å². The summed E-state index contributed by atoms with van der Waals surface area (Å²) < 4.78 is 0. The second-order valence-electron chi connectivity index (χ2n) is 2.70. The summed E-state index contributed by atoms with van der Waals surface area (Å²) in [6.45, 7) is 0. The molecule has 0 spiro atoms. The lowest BCUT2D eigenvalue weighted by Gasteiger charge is -1.90. The molecule has 1 aromatic rings. The Labute approximate surface area is 65.1 Å². The first-order chi connectivity index (χ1) is 4.95. The minimum atomic E-state index is 0.920. The predicted molar refractivity (Wildman–Crippen MR) is 42.8 cm³/mol. The number of aromatic nitrogens is 1. The molecule has 1 saturated carbocycles. The second kappa shape index (κ2) is 2.70. The van der Waals surface area contributed by atoms with E-state index in [0.29, 0.717) is 0 Å². The van der Waals surface area contributed by atoms with Crippen molar-refractivity contribution in [3.8, 4) is 0 Å². The van der Waals surface area contributed by atoms with Gasteiger partial charge in [0.15, 0.2) is 0 Å². The van der Waals surface area contributed by atoms with E-state index < -0.39 is 0 Å². The SMILES string of the molecule is [CH](Cc1nccs1)C1CC1. The summed E-state index contributed by atoms with van der Waals surface area (Å²) in [6.07, 6.45) is 8.17. The molecule has 1 aromatic heterocycles. The summed E-state index contributed by atoms with van der Waals surface area (Å²) in [4.78, 5) is 4.20. The Morgan fingerprint density at radius 2 is 2.60 bits per heavy atom. The summed E-state index contributed by atoms with van der Waals surface area (Å²) in [6, 6.07) is 0. The quantitative estimate of drug-likeness (QED) is 0.647. The molecule has 0 bridgehead atoms. The molecule has 10 heavy (non-hydrogen) atoms. The Morgan fingerprint density at radius 3 is 3.20 bits per heavy atom. The molecule has 2 rings (SSSR count). The molecule has 0 saturated heterocycles. The molecule has 0 amide bonds. The van der Waals surface area contributed by atoms with E-state index in [1.807, 2.05) is 11.6 Å². The van der Waals surface area contributed by atoms with Crippen LogP contribution >= 0.6 is 11.3 Å². The van der Waals surface area contributed by atoms with Gasteiger partial charge < -0.3 is 0 Å². The highest BCUT2D eigenvalue weighted by molar-refractivity contribution is 7.09. The van der Waals surface area contributed by atoms with Crippen LogP contribution in [0.15, 0.2) is 11.6 Å². The highest BCUT2D eigenvalue weighted by Gasteiger charge is 2.20. The van der Waals surface area contributed by atoms with Crippen molar-refractivity contribution in [1.82, 2.24) is 4.98 Å². The lowest BCUT2D eigenvalue weighted by molar-refractivity contribution is 0.917. The topological polar surface area (TPSA) is 12.9 Å². The van der Waals surface area contributed by atoms with Crippen molar-refractivity contribution in [3.63, 3.8) is 0 Å². The zero-order valence-corrected chi connectivity index (χ0v) is 6.60. The molecular formula is C8H10NS. The van der Waals surface area contributed by atoms with E-state index in [9.17, 15) is 0 Å². The van der Waals surface area contributed by atoms with Gasteiger partial charge in [-0.15, -0.1) is 11.3 Å². The lowest BCUT2D eigenvalue weighted by atomic mass is 10.2. The van der Waals surface area contributed by atoms with Gasteiger partial charge in [0.25, 0.3) is 0 Å². The van der Waals surface area contributed by atoms with Crippen molar-refractivity contribution in [2.24, 2.45) is 5.92 Å². The molecule has 1 nitrogen and oxygen atoms in total. The van der Waals surface area contributed by atoms with E-state index in [4.69, 9.17) is 0 Å². The van der Waals surface area contributed by atoms with E-state index in [-0.39, 0.29) is 0 Å². The fourth-order valence-electron chi connectivity index (χ4n) is 0.953. The van der Waals surface area contributed by atoms with Crippen LogP contribution in [0.3, 0.4) is 0 Å². The van der Waals surface area contributed by atoms with Crippen LogP contribution in [-0.2, 0) is 6.42 Å². The summed E-state index contributed by atoms with van der Waals surface area (Å²) in [5, 5.41) is 3.29. The van der Waals surface area contributed by atoms with E-state index in [1.54, 1.807) is 11.3 Å². The zero-order valence-electron chi connectivity index (χ0n) is 5.79. The van der Waals surface area contributed by atoms with E-state index >= 15 is 0 Å². The van der Waals surface area contributed by atoms with Crippen molar-refractivity contribution in [2.45, 2.75) is 19.3 Å². The molecule has 0 aromatic carbocycles. The van der Waals surface area contributed by atoms with Crippen molar-refractivity contribution >= 4 is 11.3 Å². The second-order valence-corrected chi connectivity index (χ2v) is 3.68. The minimum absolute atomic E-state index is 0.920. The van der Waals surface area contributed by atoms with Crippen LogP contribution in [0.2, 0.25) is 0 Å². The van der Waals surface area contributed by atoms with Gasteiger partial charge in [-0.2, -0.15) is 0 Å². The zero-order chi connectivity index (χ0) is 6.81. The molecule has 1 aliphatic rings. The third kappa shape index (κ3) is 1.57. The third-order valence-electron chi connectivity index (χ3n) is 1.73. The first-order valence-corrected chi connectivity index (χ1v) is 4.55. The summed E-state index contributed by atoms with van der Waals surface area (Å²) in [5.41, 5.74) is 0. The van der Waals surface area contributed by atoms with Crippen molar-refractivity contribution in [2.75, 3.05) is 0 Å². The van der Waals surface area contributed by atoms with Crippen molar-refractivity contribution < 1.29 is 0 Å². The summed E-state index contributed by atoms with van der Waals surface area (Å²) in [7, 11) is 0. The van der Waals surface area contributed by atoms with E-state index in [0.717, 1.165) is 12.3 Å². The molecule has 1 radical (unpaired) electrons. The summed E-state index contributed by atoms with van der Waals surface area (Å²) >= 11 is 1.75. The van der Waals surface area contributed by atoms with Gasteiger partial charge in [-0.1, -0.05) is 0 Å².